The molecular weight excluding hydrogens is 615 g/mol. The summed E-state index contributed by atoms with van der Waals surface area (Å²) < 4.78 is 41.8. The highest BCUT2D eigenvalue weighted by atomic mass is 31.2. The summed E-state index contributed by atoms with van der Waals surface area (Å²) in [6.45, 7) is 0. The molecule has 0 radical (unpaired) electrons. The number of furan rings is 2. The molecule has 7 aromatic carbocycles. The van der Waals surface area contributed by atoms with Crippen LogP contribution in [0, 0.1) is 0 Å². The number of rotatable bonds is 2. The Balaban J connectivity index is 1.15. The van der Waals surface area contributed by atoms with Gasteiger partial charge in [0.25, 0.3) is 0 Å². The summed E-state index contributed by atoms with van der Waals surface area (Å²) in [6, 6.07) is 46.0. The van der Waals surface area contributed by atoms with E-state index in [-0.39, 0.29) is 0 Å². The van der Waals surface area contributed by atoms with Gasteiger partial charge in [-0.15, -0.1) is 0 Å². The summed E-state index contributed by atoms with van der Waals surface area (Å²) in [7, 11) is -3.50. The van der Waals surface area contributed by atoms with Gasteiger partial charge in [0.05, 0.1) is 10.6 Å². The third kappa shape index (κ3) is 3.38. The molecule has 0 saturated heterocycles. The Bertz CT molecular complexity index is 2700. The number of fused-ring (bicyclic) bond motifs is 10. The van der Waals surface area contributed by atoms with Crippen LogP contribution in [0.1, 0.15) is 0 Å². The highest BCUT2D eigenvalue weighted by molar-refractivity contribution is 7.86. The largest absolute Gasteiger partial charge is 0.456 e. The standard InChI is InChI=1S/C42H23O5P/c43-48-38-22-24(26-10-5-12-30-28-8-1-3-14-32(28)46-40(26)30)18-20-34(38)44-36-16-7-17-37(42(36)48)45-35-21-19-25(23-39(35)48)27-11-6-13-31-29-9-2-4-15-33(29)47-41(27)31/h1-23H. The summed E-state index contributed by atoms with van der Waals surface area (Å²) >= 11 is 0. The van der Waals surface area contributed by atoms with Crippen LogP contribution in [0.4, 0.5) is 0 Å². The van der Waals surface area contributed by atoms with Gasteiger partial charge in [-0.2, -0.15) is 0 Å². The van der Waals surface area contributed by atoms with E-state index in [1.54, 1.807) is 0 Å². The van der Waals surface area contributed by atoms with E-state index in [0.29, 0.717) is 38.9 Å². The average Bonchev–Trinajstić information content (AvgIpc) is 3.70. The van der Waals surface area contributed by atoms with Crippen LogP contribution < -0.4 is 25.4 Å². The Morgan fingerprint density at radius 2 is 0.875 bits per heavy atom. The van der Waals surface area contributed by atoms with E-state index in [1.807, 2.05) is 103 Å². The van der Waals surface area contributed by atoms with Gasteiger partial charge in [-0.25, -0.2) is 0 Å². The Labute approximate surface area is 273 Å². The first-order valence-electron chi connectivity index (χ1n) is 15.8. The molecule has 48 heavy (non-hydrogen) atoms. The van der Waals surface area contributed by atoms with Crippen molar-refractivity contribution in [3.05, 3.63) is 140 Å². The Kier molecular flexibility index (Phi) is 5.04. The zero-order valence-electron chi connectivity index (χ0n) is 25.3. The van der Waals surface area contributed by atoms with Gasteiger partial charge in [-0.05, 0) is 59.7 Å². The van der Waals surface area contributed by atoms with Crippen LogP contribution in [0.25, 0.3) is 66.1 Å². The van der Waals surface area contributed by atoms with E-state index in [2.05, 4.69) is 36.4 Å². The molecule has 4 heterocycles. The van der Waals surface area contributed by atoms with E-state index in [1.165, 1.54) is 0 Å². The molecule has 2 aliphatic heterocycles. The van der Waals surface area contributed by atoms with Crippen molar-refractivity contribution in [2.24, 2.45) is 0 Å². The first-order chi connectivity index (χ1) is 23.6. The topological polar surface area (TPSA) is 61.8 Å². The molecule has 5 nitrogen and oxygen atoms in total. The first-order valence-corrected chi connectivity index (χ1v) is 17.6. The predicted molar refractivity (Wildman–Crippen MR) is 191 cm³/mol. The molecule has 11 rings (SSSR count). The van der Waals surface area contributed by atoms with Gasteiger partial charge in [0.2, 0.25) is 0 Å². The van der Waals surface area contributed by atoms with Gasteiger partial charge in [0.1, 0.15) is 50.6 Å². The zero-order valence-corrected chi connectivity index (χ0v) is 26.2. The van der Waals surface area contributed by atoms with Crippen LogP contribution in [0.15, 0.2) is 148 Å². The van der Waals surface area contributed by atoms with Crippen molar-refractivity contribution in [3.63, 3.8) is 0 Å². The molecule has 2 aliphatic rings. The van der Waals surface area contributed by atoms with Gasteiger partial charge >= 0.3 is 0 Å². The third-order valence-corrected chi connectivity index (χ3v) is 12.9. The molecule has 226 valence electrons. The fourth-order valence-electron chi connectivity index (χ4n) is 7.57. The summed E-state index contributed by atoms with van der Waals surface area (Å²) in [5, 5.41) is 6.06. The number of benzene rings is 7. The SMILES string of the molecule is O=P12c3cc(-c4cccc5c4oc4ccccc45)ccc3Oc3cccc(c31)Oc1ccc(-c3cccc4c3oc3ccccc34)cc12. The minimum atomic E-state index is -3.50. The molecule has 6 heteroatoms. The van der Waals surface area contributed by atoms with E-state index < -0.39 is 7.14 Å². The van der Waals surface area contributed by atoms with Crippen molar-refractivity contribution < 1.29 is 22.9 Å². The van der Waals surface area contributed by atoms with E-state index in [9.17, 15) is 0 Å². The minimum Gasteiger partial charge on any atom is -0.456 e. The summed E-state index contributed by atoms with van der Waals surface area (Å²) in [5.74, 6) is 2.24. The molecule has 0 fully saturated rings. The quantitative estimate of drug-likeness (QED) is 0.176. The summed E-state index contributed by atoms with van der Waals surface area (Å²) in [5.41, 5.74) is 6.90. The normalized spacial score (nSPS) is 14.0. The van der Waals surface area contributed by atoms with Crippen LogP contribution in [-0.4, -0.2) is 0 Å². The molecule has 0 N–H and O–H groups in total. The maximum absolute atomic E-state index is 16.1. The van der Waals surface area contributed by atoms with Crippen LogP contribution in [-0.2, 0) is 4.57 Å². The number of hydrogen-bond acceptors (Lipinski definition) is 5. The highest BCUT2D eigenvalue weighted by Crippen LogP contribution is 2.59. The molecule has 9 aromatic rings. The molecule has 0 aliphatic carbocycles. The third-order valence-electron chi connectivity index (χ3n) is 9.74. The molecule has 0 unspecified atom stereocenters. The van der Waals surface area contributed by atoms with Gasteiger partial charge in [-0.1, -0.05) is 91.0 Å². The smallest absolute Gasteiger partial charge is 0.185 e. The van der Waals surface area contributed by atoms with Crippen LogP contribution >= 0.6 is 7.14 Å². The molecule has 0 saturated carbocycles. The van der Waals surface area contributed by atoms with Gasteiger partial charge in [-0.3, -0.25) is 0 Å². The van der Waals surface area contributed by atoms with E-state index in [0.717, 1.165) is 66.1 Å². The predicted octanol–water partition coefficient (Wildman–Crippen LogP) is 10.7. The van der Waals surface area contributed by atoms with Crippen molar-refractivity contribution >= 4 is 66.9 Å². The van der Waals surface area contributed by atoms with Crippen molar-refractivity contribution in [2.45, 2.75) is 0 Å². The maximum atomic E-state index is 16.1. The van der Waals surface area contributed by atoms with Gasteiger partial charge in [0, 0.05) is 32.7 Å². The lowest BCUT2D eigenvalue weighted by Gasteiger charge is -2.34. The van der Waals surface area contributed by atoms with Crippen LogP contribution in [0.3, 0.4) is 0 Å². The lowest BCUT2D eigenvalue weighted by atomic mass is 10.0. The highest BCUT2D eigenvalue weighted by Gasteiger charge is 2.46. The number of hydrogen-bond donors (Lipinski definition) is 0. The fraction of sp³-hybridized carbons (Fsp3) is 0. The van der Waals surface area contributed by atoms with Crippen molar-refractivity contribution in [3.8, 4) is 45.3 Å². The fourth-order valence-corrected chi connectivity index (χ4v) is 10.7. The van der Waals surface area contributed by atoms with Gasteiger partial charge < -0.3 is 22.9 Å². The van der Waals surface area contributed by atoms with Crippen LogP contribution in [0.5, 0.6) is 23.0 Å². The lowest BCUT2D eigenvalue weighted by molar-refractivity contribution is 0.461. The minimum absolute atomic E-state index is 0.547. The number of para-hydroxylation sites is 4. The second-order valence-electron chi connectivity index (χ2n) is 12.3. The zero-order chi connectivity index (χ0) is 31.6. The monoisotopic (exact) mass is 638 g/mol. The van der Waals surface area contributed by atoms with Crippen LogP contribution in [0.2, 0.25) is 0 Å². The lowest BCUT2D eigenvalue weighted by Crippen LogP contribution is -2.35. The van der Waals surface area contributed by atoms with Crippen molar-refractivity contribution in [1.82, 2.24) is 0 Å². The Morgan fingerprint density at radius 1 is 0.417 bits per heavy atom. The first kappa shape index (κ1) is 26.1. The Morgan fingerprint density at radius 3 is 1.40 bits per heavy atom. The molecule has 2 aromatic heterocycles. The van der Waals surface area contributed by atoms with Crippen molar-refractivity contribution in [1.29, 1.82) is 0 Å². The molecule has 0 bridgehead atoms. The maximum Gasteiger partial charge on any atom is 0.185 e. The Hall–Kier alpha value is -6.03. The van der Waals surface area contributed by atoms with Gasteiger partial charge in [0.15, 0.2) is 7.14 Å². The summed E-state index contributed by atoms with van der Waals surface area (Å²) in [4.78, 5) is 0. The molecule has 0 atom stereocenters. The number of ether oxygens (including phenoxy) is 2. The second-order valence-corrected chi connectivity index (χ2v) is 15.0. The molecule has 0 spiro atoms. The van der Waals surface area contributed by atoms with E-state index in [4.69, 9.17) is 18.3 Å². The van der Waals surface area contributed by atoms with Crippen molar-refractivity contribution in [2.75, 3.05) is 0 Å². The molecular formula is C42H23O5P. The molecule has 0 amide bonds. The van der Waals surface area contributed by atoms with E-state index >= 15 is 4.57 Å². The summed E-state index contributed by atoms with van der Waals surface area (Å²) in [6.07, 6.45) is 0. The average molecular weight is 639 g/mol. The second kappa shape index (κ2) is 9.28.